The molecule has 2 aliphatic rings. The Balaban J connectivity index is 1.33. The lowest BCUT2D eigenvalue weighted by Gasteiger charge is -2.21. The van der Waals surface area contributed by atoms with Crippen LogP contribution in [0.15, 0.2) is 40.0 Å². The molecule has 0 unspecified atom stereocenters. The molecule has 0 radical (unpaired) electrons. The molecule has 0 aromatic carbocycles. The van der Waals surface area contributed by atoms with Crippen molar-refractivity contribution >= 4 is 11.6 Å². The van der Waals surface area contributed by atoms with Gasteiger partial charge in [-0.1, -0.05) is 11.2 Å². The van der Waals surface area contributed by atoms with Gasteiger partial charge in [-0.2, -0.15) is 0 Å². The van der Waals surface area contributed by atoms with Crippen molar-refractivity contribution in [1.82, 2.24) is 14.8 Å². The number of amides is 1. The molecule has 4 rings (SSSR count). The van der Waals surface area contributed by atoms with E-state index in [2.05, 4.69) is 28.0 Å². The van der Waals surface area contributed by atoms with E-state index < -0.39 is 5.60 Å². The van der Waals surface area contributed by atoms with E-state index in [9.17, 15) is 4.79 Å². The number of aromatic nitrogens is 1. The Morgan fingerprint density at radius 2 is 2.21 bits per heavy atom. The van der Waals surface area contributed by atoms with E-state index in [4.69, 9.17) is 9.25 Å². The summed E-state index contributed by atoms with van der Waals surface area (Å²) in [4.78, 5) is 26.8. The molecule has 4 heterocycles. The lowest BCUT2D eigenvalue weighted by molar-refractivity contribution is -0.123. The van der Waals surface area contributed by atoms with Crippen LogP contribution in [0.5, 0.6) is 0 Å². The first-order chi connectivity index (χ1) is 13.4. The highest BCUT2D eigenvalue weighted by Crippen LogP contribution is 2.35. The summed E-state index contributed by atoms with van der Waals surface area (Å²) in [5, 5.41) is 4.15. The third kappa shape index (κ3) is 3.80. The number of oxime groups is 1. The Morgan fingerprint density at radius 1 is 1.36 bits per heavy atom. The first-order valence-electron chi connectivity index (χ1n) is 9.63. The molecular weight excluding hydrogens is 356 g/mol. The molecule has 1 amide bonds. The van der Waals surface area contributed by atoms with Crippen molar-refractivity contribution in [2.75, 3.05) is 20.1 Å². The summed E-state index contributed by atoms with van der Waals surface area (Å²) in [6.45, 7) is 6.89. The van der Waals surface area contributed by atoms with E-state index in [-0.39, 0.29) is 5.91 Å². The van der Waals surface area contributed by atoms with Crippen molar-refractivity contribution < 1.29 is 14.0 Å². The van der Waals surface area contributed by atoms with Gasteiger partial charge in [0.25, 0.3) is 5.91 Å². The summed E-state index contributed by atoms with van der Waals surface area (Å²) in [7, 11) is 1.77. The van der Waals surface area contributed by atoms with Crippen LogP contribution >= 0.6 is 0 Å². The highest BCUT2D eigenvalue weighted by molar-refractivity contribution is 6.39. The summed E-state index contributed by atoms with van der Waals surface area (Å²) < 4.78 is 5.80. The molecule has 1 atom stereocenters. The van der Waals surface area contributed by atoms with Gasteiger partial charge in [-0.3, -0.25) is 14.7 Å². The molecule has 148 valence electrons. The minimum atomic E-state index is -0.395. The van der Waals surface area contributed by atoms with Gasteiger partial charge in [-0.05, 0) is 37.6 Å². The van der Waals surface area contributed by atoms with Crippen LogP contribution in [0.25, 0.3) is 0 Å². The van der Waals surface area contributed by atoms with Gasteiger partial charge in [0.05, 0.1) is 18.8 Å². The van der Waals surface area contributed by atoms with Crippen molar-refractivity contribution in [3.63, 3.8) is 0 Å². The largest absolute Gasteiger partial charge is 0.465 e. The van der Waals surface area contributed by atoms with Crippen LogP contribution in [0.1, 0.15) is 35.6 Å². The fourth-order valence-electron chi connectivity index (χ4n) is 3.89. The second-order valence-electron chi connectivity index (χ2n) is 7.88. The van der Waals surface area contributed by atoms with Crippen LogP contribution in [0.4, 0.5) is 0 Å². The van der Waals surface area contributed by atoms with Crippen molar-refractivity contribution in [1.29, 1.82) is 0 Å². The normalized spacial score (nSPS) is 21.8. The summed E-state index contributed by atoms with van der Waals surface area (Å²) in [5.74, 6) is 1.84. The van der Waals surface area contributed by atoms with E-state index in [1.807, 2.05) is 25.1 Å². The topological polar surface area (TPSA) is 71.2 Å². The first kappa shape index (κ1) is 18.7. The molecule has 1 saturated heterocycles. The smallest absolute Gasteiger partial charge is 0.271 e. The maximum atomic E-state index is 12.8. The number of hydrogen-bond donors (Lipinski definition) is 0. The van der Waals surface area contributed by atoms with Crippen LogP contribution < -0.4 is 0 Å². The van der Waals surface area contributed by atoms with Gasteiger partial charge in [0, 0.05) is 39.2 Å². The van der Waals surface area contributed by atoms with Crippen LogP contribution in [-0.4, -0.2) is 52.1 Å². The number of aryl methyl sites for hydroxylation is 2. The van der Waals surface area contributed by atoms with E-state index in [0.717, 1.165) is 43.3 Å². The van der Waals surface area contributed by atoms with Crippen molar-refractivity contribution in [2.24, 2.45) is 5.16 Å². The zero-order valence-corrected chi connectivity index (χ0v) is 16.6. The number of carbonyl (C=O) groups excluding carboxylic acids is 1. The number of hydrogen-bond acceptors (Lipinski definition) is 6. The van der Waals surface area contributed by atoms with Gasteiger partial charge in [0.2, 0.25) is 0 Å². The summed E-state index contributed by atoms with van der Waals surface area (Å²) in [6, 6.07) is 7.78. The Kier molecular flexibility index (Phi) is 4.93. The molecule has 2 aromatic rings. The fourth-order valence-corrected chi connectivity index (χ4v) is 3.89. The average Bonchev–Trinajstić information content (AvgIpc) is 3.36. The number of likely N-dealkylation sites (tertiary alicyclic amines) is 1. The number of carbonyl (C=O) groups is 1. The van der Waals surface area contributed by atoms with Gasteiger partial charge in [0.15, 0.2) is 5.60 Å². The van der Waals surface area contributed by atoms with E-state index >= 15 is 0 Å². The molecular formula is C21H26N4O3. The third-order valence-corrected chi connectivity index (χ3v) is 5.55. The predicted molar refractivity (Wildman–Crippen MR) is 105 cm³/mol. The molecule has 0 N–H and O–H groups in total. The van der Waals surface area contributed by atoms with Gasteiger partial charge in [-0.25, -0.2) is 0 Å². The molecule has 2 aromatic heterocycles. The van der Waals surface area contributed by atoms with Crippen molar-refractivity contribution in [3.05, 3.63) is 53.2 Å². The molecule has 0 saturated carbocycles. The maximum absolute atomic E-state index is 12.8. The first-order valence-corrected chi connectivity index (χ1v) is 9.63. The minimum absolute atomic E-state index is 0.0988. The van der Waals surface area contributed by atoms with E-state index in [1.54, 1.807) is 18.1 Å². The van der Waals surface area contributed by atoms with E-state index in [1.165, 1.54) is 5.56 Å². The molecule has 28 heavy (non-hydrogen) atoms. The second-order valence-corrected chi connectivity index (χ2v) is 7.88. The van der Waals surface area contributed by atoms with Crippen molar-refractivity contribution in [3.8, 4) is 0 Å². The molecule has 7 nitrogen and oxygen atoms in total. The summed E-state index contributed by atoms with van der Waals surface area (Å²) in [5.41, 5.74) is 2.12. The standard InChI is InChI=1S/C21H26N4O3/c1-15-10-18(27-16(15)2)13-25-9-7-21(14-25)11-19(23-28-21)20(26)24(3)12-17-6-4-5-8-22-17/h4-6,8,10H,7,9,11-14H2,1-3H3/t21-/m0/s1. The lowest BCUT2D eigenvalue weighted by Crippen LogP contribution is -2.37. The van der Waals surface area contributed by atoms with Crippen LogP contribution in [0.2, 0.25) is 0 Å². The van der Waals surface area contributed by atoms with Crippen LogP contribution in [0, 0.1) is 13.8 Å². The predicted octanol–water partition coefficient (Wildman–Crippen LogP) is 2.67. The Morgan fingerprint density at radius 3 is 2.93 bits per heavy atom. The lowest BCUT2D eigenvalue weighted by atomic mass is 9.96. The SMILES string of the molecule is Cc1cc(CN2CC[C@]3(CC(C(=O)N(C)Cc4ccccn4)=NO3)C2)oc1C. The van der Waals surface area contributed by atoms with E-state index in [0.29, 0.717) is 18.7 Å². The average molecular weight is 382 g/mol. The minimum Gasteiger partial charge on any atom is -0.465 e. The van der Waals surface area contributed by atoms with Gasteiger partial charge >= 0.3 is 0 Å². The van der Waals surface area contributed by atoms with Gasteiger partial charge in [-0.15, -0.1) is 0 Å². The monoisotopic (exact) mass is 382 g/mol. The molecule has 1 spiro atoms. The van der Waals surface area contributed by atoms with Crippen molar-refractivity contribution in [2.45, 2.75) is 45.4 Å². The Bertz CT molecular complexity index is 873. The van der Waals surface area contributed by atoms with Gasteiger partial charge < -0.3 is 14.2 Å². The summed E-state index contributed by atoms with van der Waals surface area (Å²) in [6.07, 6.45) is 3.13. The zero-order chi connectivity index (χ0) is 19.7. The van der Waals surface area contributed by atoms with Crippen LogP contribution in [0.3, 0.4) is 0 Å². The Hall–Kier alpha value is -2.67. The molecule has 0 bridgehead atoms. The number of rotatable bonds is 5. The highest BCUT2D eigenvalue weighted by atomic mass is 16.7. The fraction of sp³-hybridized carbons (Fsp3) is 0.476. The zero-order valence-electron chi connectivity index (χ0n) is 16.6. The quantitative estimate of drug-likeness (QED) is 0.795. The highest BCUT2D eigenvalue weighted by Gasteiger charge is 2.47. The second kappa shape index (κ2) is 7.39. The number of nitrogens with zero attached hydrogens (tertiary/aromatic N) is 4. The number of furan rings is 1. The van der Waals surface area contributed by atoms with Gasteiger partial charge in [0.1, 0.15) is 17.2 Å². The molecule has 2 aliphatic heterocycles. The maximum Gasteiger partial charge on any atom is 0.271 e. The Labute approximate surface area is 165 Å². The molecule has 7 heteroatoms. The molecule has 1 fully saturated rings. The number of pyridine rings is 1. The molecule has 0 aliphatic carbocycles. The summed E-state index contributed by atoms with van der Waals surface area (Å²) >= 11 is 0. The van der Waals surface area contributed by atoms with Crippen LogP contribution in [-0.2, 0) is 22.7 Å². The third-order valence-electron chi connectivity index (χ3n) is 5.55.